The molecule has 2 aliphatic rings. The summed E-state index contributed by atoms with van der Waals surface area (Å²) < 4.78 is 5.39. The van der Waals surface area contributed by atoms with Gasteiger partial charge in [0.25, 0.3) is 0 Å². The highest BCUT2D eigenvalue weighted by atomic mass is 32.2. The summed E-state index contributed by atoms with van der Waals surface area (Å²) >= 11 is 5.79. The van der Waals surface area contributed by atoms with Crippen molar-refractivity contribution in [2.24, 2.45) is 0 Å². The predicted octanol–water partition coefficient (Wildman–Crippen LogP) is 10.2. The van der Waals surface area contributed by atoms with Gasteiger partial charge in [-0.25, -0.2) is 0 Å². The van der Waals surface area contributed by atoms with Crippen molar-refractivity contribution in [3.8, 4) is 22.3 Å². The number of thiophene rings is 2. The summed E-state index contributed by atoms with van der Waals surface area (Å²) in [4.78, 5) is 4.79. The molecule has 6 aromatic carbocycles. The van der Waals surface area contributed by atoms with Crippen molar-refractivity contribution in [2.75, 3.05) is 0 Å². The number of rotatable bonds is 4. The van der Waals surface area contributed by atoms with E-state index in [1.807, 2.05) is 34.1 Å². The molecule has 10 rings (SSSR count). The molecule has 0 N–H and O–H groups in total. The molecule has 2 nitrogen and oxygen atoms in total. The average Bonchev–Trinajstić information content (AvgIpc) is 3.83. The second kappa shape index (κ2) is 11.0. The molecule has 0 saturated carbocycles. The maximum absolute atomic E-state index is 2.40. The minimum atomic E-state index is 0.150. The Morgan fingerprint density at radius 3 is 1.38 bits per heavy atom. The molecular formula is C40H26B2N2S3. The first-order chi connectivity index (χ1) is 23.3. The molecule has 0 amide bonds. The zero-order chi connectivity index (χ0) is 30.9. The third-order valence-electron chi connectivity index (χ3n) is 9.37. The first-order valence-corrected chi connectivity index (χ1v) is 18.5. The quantitative estimate of drug-likeness (QED) is 0.175. The van der Waals surface area contributed by atoms with E-state index in [0.29, 0.717) is 0 Å². The van der Waals surface area contributed by atoms with Crippen LogP contribution in [0.1, 0.15) is 0 Å². The molecule has 8 aromatic rings. The fourth-order valence-electron chi connectivity index (χ4n) is 7.21. The van der Waals surface area contributed by atoms with Gasteiger partial charge in [0, 0.05) is 52.7 Å². The van der Waals surface area contributed by atoms with Gasteiger partial charge in [0.2, 0.25) is 0 Å². The minimum absolute atomic E-state index is 0.150. The summed E-state index contributed by atoms with van der Waals surface area (Å²) in [5, 5.41) is 5.36. The van der Waals surface area contributed by atoms with E-state index in [2.05, 4.69) is 168 Å². The van der Waals surface area contributed by atoms with Crippen LogP contribution in [0.4, 0.5) is 0 Å². The highest BCUT2D eigenvalue weighted by Crippen LogP contribution is 2.41. The van der Waals surface area contributed by atoms with Crippen molar-refractivity contribution in [3.05, 3.63) is 158 Å². The van der Waals surface area contributed by atoms with Gasteiger partial charge >= 0.3 is 12.3 Å². The topological polar surface area (TPSA) is 6.48 Å². The van der Waals surface area contributed by atoms with E-state index in [0.717, 1.165) is 0 Å². The van der Waals surface area contributed by atoms with Crippen LogP contribution in [0, 0.1) is 0 Å². The van der Waals surface area contributed by atoms with Crippen molar-refractivity contribution in [2.45, 2.75) is 0 Å². The van der Waals surface area contributed by atoms with Crippen LogP contribution in [-0.4, -0.2) is 22.1 Å². The number of fused-ring (bicyclic) bond motifs is 7. The Kier molecular flexibility index (Phi) is 6.39. The second-order valence-corrected chi connectivity index (χ2v) is 15.4. The van der Waals surface area contributed by atoms with E-state index in [-0.39, 0.29) is 12.3 Å². The second-order valence-electron chi connectivity index (χ2n) is 12.1. The van der Waals surface area contributed by atoms with E-state index in [1.54, 1.807) is 0 Å². The largest absolute Gasteiger partial charge is 0.368 e. The van der Waals surface area contributed by atoms with Gasteiger partial charge in [-0.1, -0.05) is 121 Å². The van der Waals surface area contributed by atoms with Gasteiger partial charge in [-0.15, -0.1) is 22.7 Å². The molecule has 0 spiro atoms. The van der Waals surface area contributed by atoms with Crippen LogP contribution in [0.3, 0.4) is 0 Å². The van der Waals surface area contributed by atoms with Gasteiger partial charge < -0.3 is 9.84 Å². The van der Waals surface area contributed by atoms with Gasteiger partial charge in [0.1, 0.15) is 0 Å². The van der Waals surface area contributed by atoms with E-state index in [4.69, 9.17) is 0 Å². The Morgan fingerprint density at radius 2 is 0.872 bits per heavy atom. The summed E-state index contributed by atoms with van der Waals surface area (Å²) in [6, 6.07) is 49.4. The maximum atomic E-state index is 2.40. The van der Waals surface area contributed by atoms with Crippen LogP contribution >= 0.6 is 34.1 Å². The Morgan fingerprint density at radius 1 is 0.426 bits per heavy atom. The highest BCUT2D eigenvalue weighted by Gasteiger charge is 2.45. The van der Waals surface area contributed by atoms with Crippen molar-refractivity contribution < 1.29 is 0 Å². The van der Waals surface area contributed by atoms with Crippen LogP contribution in [0.5, 0.6) is 0 Å². The van der Waals surface area contributed by atoms with Crippen molar-refractivity contribution in [1.82, 2.24) is 9.84 Å². The molecule has 1 saturated heterocycles. The lowest BCUT2D eigenvalue weighted by atomic mass is 9.76. The van der Waals surface area contributed by atoms with Crippen LogP contribution < -0.4 is 10.9 Å². The van der Waals surface area contributed by atoms with Crippen LogP contribution in [0.2, 0.25) is 0 Å². The van der Waals surface area contributed by atoms with E-state index in [1.165, 1.54) is 73.5 Å². The van der Waals surface area contributed by atoms with Crippen molar-refractivity contribution in [1.29, 1.82) is 0 Å². The lowest BCUT2D eigenvalue weighted by Crippen LogP contribution is -2.48. The summed E-state index contributed by atoms with van der Waals surface area (Å²) in [6.07, 6.45) is 9.03. The SMILES string of the molecule is C1=CN2B(c3cccc(-c4cccc5c4sc4ccccc45)c3)SB(c3cccc(-c4cccc5c4sc4ccccc45)c3)N2C=C1. The third-order valence-corrected chi connectivity index (χ3v) is 13.3. The number of nitrogens with zero attached hydrogens (tertiary/aromatic N) is 2. The third kappa shape index (κ3) is 4.41. The van der Waals surface area contributed by atoms with E-state index >= 15 is 0 Å². The predicted molar refractivity (Wildman–Crippen MR) is 210 cm³/mol. The van der Waals surface area contributed by atoms with Gasteiger partial charge in [-0.3, -0.25) is 0 Å². The Hall–Kier alpha value is -4.68. The molecule has 220 valence electrons. The molecule has 0 unspecified atom stereocenters. The molecule has 0 radical (unpaired) electrons. The van der Waals surface area contributed by atoms with Gasteiger partial charge in [0.05, 0.1) is 0 Å². The Labute approximate surface area is 286 Å². The Balaban J connectivity index is 1.03. The van der Waals surface area contributed by atoms with E-state index in [9.17, 15) is 0 Å². The number of hydrogen-bond donors (Lipinski definition) is 0. The summed E-state index contributed by atoms with van der Waals surface area (Å²) in [5.74, 6) is 0. The molecule has 0 aliphatic carbocycles. The van der Waals surface area contributed by atoms with Gasteiger partial charge in [0.15, 0.2) is 0 Å². The summed E-state index contributed by atoms with van der Waals surface area (Å²) in [7, 11) is 0. The molecule has 2 aliphatic heterocycles. The first kappa shape index (κ1) is 27.4. The average molecular weight is 652 g/mol. The smallest absolute Gasteiger partial charge is 0.329 e. The highest BCUT2D eigenvalue weighted by molar-refractivity contribution is 8.47. The monoisotopic (exact) mass is 652 g/mol. The van der Waals surface area contributed by atoms with Crippen LogP contribution in [0.15, 0.2) is 158 Å². The fourth-order valence-corrected chi connectivity index (χ4v) is 11.1. The summed E-state index contributed by atoms with van der Waals surface area (Å²) in [5.41, 5.74) is 7.77. The number of allylic oxidation sites excluding steroid dienone is 2. The molecule has 0 atom stereocenters. The molecule has 1 fully saturated rings. The van der Waals surface area contributed by atoms with Crippen LogP contribution in [0.25, 0.3) is 62.6 Å². The Bertz CT molecular complexity index is 2390. The zero-order valence-corrected chi connectivity index (χ0v) is 27.7. The molecule has 47 heavy (non-hydrogen) atoms. The number of benzene rings is 6. The lowest BCUT2D eigenvalue weighted by Gasteiger charge is -2.33. The maximum Gasteiger partial charge on any atom is 0.368 e. The molecular weight excluding hydrogens is 626 g/mol. The first-order valence-electron chi connectivity index (χ1n) is 15.9. The van der Waals surface area contributed by atoms with E-state index < -0.39 is 0 Å². The van der Waals surface area contributed by atoms with Crippen molar-refractivity contribution in [3.63, 3.8) is 0 Å². The normalized spacial score (nSPS) is 14.4. The van der Waals surface area contributed by atoms with Gasteiger partial charge in [-0.2, -0.15) is 11.5 Å². The number of hydrazine groups is 1. The minimum Gasteiger partial charge on any atom is -0.329 e. The van der Waals surface area contributed by atoms with Crippen LogP contribution in [-0.2, 0) is 0 Å². The zero-order valence-electron chi connectivity index (χ0n) is 25.3. The fraction of sp³-hybridized carbons (Fsp3) is 0. The summed E-state index contributed by atoms with van der Waals surface area (Å²) in [6.45, 7) is 0. The molecule has 0 bridgehead atoms. The molecule has 2 aromatic heterocycles. The molecule has 7 heteroatoms. The lowest BCUT2D eigenvalue weighted by molar-refractivity contribution is 0.309. The molecule has 4 heterocycles. The van der Waals surface area contributed by atoms with Gasteiger partial charge in [-0.05, 0) is 57.5 Å². The standard InChI is InChI=1S/C40H26B2N2S3/c1-3-21-37-33(15-1)35-19-9-17-31(39(35)45-37)27-11-7-13-29(25-27)41-43-23-5-6-24-44(43)42(47-41)30-14-8-12-28(26-30)32-18-10-20-36-34-16-2-4-22-38(34)46-40(32)36/h1-26H. The van der Waals surface area contributed by atoms with Crippen molar-refractivity contribution >= 4 is 97.7 Å². The number of hydrogen-bond acceptors (Lipinski definition) is 5.